The molecule has 1 atom stereocenters. The van der Waals surface area contributed by atoms with Crippen molar-refractivity contribution in [2.75, 3.05) is 11.9 Å². The highest BCUT2D eigenvalue weighted by Crippen LogP contribution is 2.24. The van der Waals surface area contributed by atoms with E-state index in [1.807, 2.05) is 13.8 Å². The third kappa shape index (κ3) is 4.50. The second-order valence-electron chi connectivity index (χ2n) is 4.17. The number of amidine groups is 1. The molecular formula is C13H19N3O3. The second-order valence-corrected chi connectivity index (χ2v) is 4.17. The molecule has 4 N–H and O–H groups in total. The normalized spacial score (nSPS) is 12.8. The van der Waals surface area contributed by atoms with Gasteiger partial charge >= 0.3 is 0 Å². The molecule has 1 aromatic carbocycles. The first-order valence-electron chi connectivity index (χ1n) is 6.07. The lowest BCUT2D eigenvalue weighted by Gasteiger charge is -2.14. The molecule has 0 bridgehead atoms. The molecule has 0 aliphatic rings. The van der Waals surface area contributed by atoms with E-state index in [0.29, 0.717) is 11.4 Å². The van der Waals surface area contributed by atoms with Crippen LogP contribution in [0, 0.1) is 5.92 Å². The number of carbonyl (C=O) groups excluding carboxylic acids is 1. The van der Waals surface area contributed by atoms with Gasteiger partial charge in [0.15, 0.2) is 5.84 Å². The predicted molar refractivity (Wildman–Crippen MR) is 73.4 cm³/mol. The molecule has 1 rings (SSSR count). The number of nitrogens with two attached hydrogens (primary N) is 1. The Kier molecular flexibility index (Phi) is 5.66. The Balaban J connectivity index is 2.75. The number of hydrogen-bond donors (Lipinski definition) is 3. The zero-order valence-electron chi connectivity index (χ0n) is 11.1. The van der Waals surface area contributed by atoms with Gasteiger partial charge in [-0.2, -0.15) is 0 Å². The maximum Gasteiger partial charge on any atom is 0.227 e. The first-order valence-corrected chi connectivity index (χ1v) is 6.07. The van der Waals surface area contributed by atoms with E-state index in [2.05, 4.69) is 10.5 Å². The molecule has 1 unspecified atom stereocenters. The standard InChI is InChI=1S/C13H19N3O3/c1-3-9(2)13(17)15-10-6-4-5-7-11(10)19-8-12(14)16-18/h4-7,9,18H,3,8H2,1-2H3,(H2,14,16)(H,15,17). The average molecular weight is 265 g/mol. The zero-order chi connectivity index (χ0) is 14.3. The summed E-state index contributed by atoms with van der Waals surface area (Å²) in [5.41, 5.74) is 5.90. The topological polar surface area (TPSA) is 96.9 Å². The van der Waals surface area contributed by atoms with Crippen molar-refractivity contribution in [2.45, 2.75) is 20.3 Å². The molecular weight excluding hydrogens is 246 g/mol. The molecule has 0 radical (unpaired) electrons. The third-order valence-corrected chi connectivity index (χ3v) is 2.71. The number of anilines is 1. The van der Waals surface area contributed by atoms with Crippen molar-refractivity contribution >= 4 is 17.4 Å². The number of hydrogen-bond acceptors (Lipinski definition) is 4. The third-order valence-electron chi connectivity index (χ3n) is 2.71. The number of oxime groups is 1. The van der Waals surface area contributed by atoms with E-state index >= 15 is 0 Å². The summed E-state index contributed by atoms with van der Waals surface area (Å²) in [5, 5.41) is 14.1. The number of carbonyl (C=O) groups is 1. The minimum Gasteiger partial charge on any atom is -0.483 e. The number of nitrogens with one attached hydrogen (secondary N) is 1. The lowest BCUT2D eigenvalue weighted by Crippen LogP contribution is -2.23. The highest BCUT2D eigenvalue weighted by atomic mass is 16.5. The van der Waals surface area contributed by atoms with E-state index < -0.39 is 0 Å². The van der Waals surface area contributed by atoms with Crippen molar-refractivity contribution in [3.05, 3.63) is 24.3 Å². The van der Waals surface area contributed by atoms with Gasteiger partial charge in [0.1, 0.15) is 12.4 Å². The highest BCUT2D eigenvalue weighted by Gasteiger charge is 2.13. The first kappa shape index (κ1) is 14.8. The summed E-state index contributed by atoms with van der Waals surface area (Å²) in [6, 6.07) is 7.02. The van der Waals surface area contributed by atoms with Gasteiger partial charge in [-0.05, 0) is 18.6 Å². The van der Waals surface area contributed by atoms with E-state index in [4.69, 9.17) is 15.7 Å². The van der Waals surface area contributed by atoms with Crippen LogP contribution in [0.25, 0.3) is 0 Å². The maximum atomic E-state index is 11.8. The lowest BCUT2D eigenvalue weighted by molar-refractivity contribution is -0.119. The Morgan fingerprint density at radius 1 is 1.53 bits per heavy atom. The van der Waals surface area contributed by atoms with E-state index in [1.54, 1.807) is 24.3 Å². The van der Waals surface area contributed by atoms with Gasteiger partial charge in [0.2, 0.25) is 5.91 Å². The number of rotatable bonds is 6. The van der Waals surface area contributed by atoms with Gasteiger partial charge in [0.25, 0.3) is 0 Å². The van der Waals surface area contributed by atoms with Crippen LogP contribution in [0.2, 0.25) is 0 Å². The summed E-state index contributed by atoms with van der Waals surface area (Å²) in [6.45, 7) is 3.76. The van der Waals surface area contributed by atoms with Crippen LogP contribution in [0.3, 0.4) is 0 Å². The minimum absolute atomic E-state index is 0.0388. The fourth-order valence-corrected chi connectivity index (χ4v) is 1.32. The number of ether oxygens (including phenoxy) is 1. The Labute approximate surface area is 112 Å². The van der Waals surface area contributed by atoms with Crippen molar-refractivity contribution in [1.29, 1.82) is 0 Å². The summed E-state index contributed by atoms with van der Waals surface area (Å²) in [5.74, 6) is 0.299. The largest absolute Gasteiger partial charge is 0.483 e. The molecule has 6 nitrogen and oxygen atoms in total. The molecule has 1 aromatic rings. The molecule has 104 valence electrons. The molecule has 0 saturated heterocycles. The molecule has 0 aromatic heterocycles. The highest BCUT2D eigenvalue weighted by molar-refractivity contribution is 5.93. The van der Waals surface area contributed by atoms with Crippen LogP contribution in [0.15, 0.2) is 29.4 Å². The Morgan fingerprint density at radius 3 is 2.84 bits per heavy atom. The fourth-order valence-electron chi connectivity index (χ4n) is 1.32. The maximum absolute atomic E-state index is 11.8. The van der Waals surface area contributed by atoms with Gasteiger partial charge in [-0.3, -0.25) is 4.79 Å². The number of amides is 1. The molecule has 19 heavy (non-hydrogen) atoms. The molecule has 0 aliphatic heterocycles. The number of nitrogens with zero attached hydrogens (tertiary/aromatic N) is 1. The van der Waals surface area contributed by atoms with E-state index in [0.717, 1.165) is 6.42 Å². The predicted octanol–water partition coefficient (Wildman–Crippen LogP) is 1.80. The first-order chi connectivity index (χ1) is 9.08. The van der Waals surface area contributed by atoms with Crippen molar-refractivity contribution < 1.29 is 14.7 Å². The quantitative estimate of drug-likeness (QED) is 0.316. The van der Waals surface area contributed by atoms with Crippen LogP contribution in [0.1, 0.15) is 20.3 Å². The van der Waals surface area contributed by atoms with Crippen LogP contribution in [-0.2, 0) is 4.79 Å². The average Bonchev–Trinajstić information content (AvgIpc) is 2.44. The van der Waals surface area contributed by atoms with Crippen molar-refractivity contribution in [3.8, 4) is 5.75 Å². The Bertz CT molecular complexity index is 460. The molecule has 0 spiro atoms. The van der Waals surface area contributed by atoms with Gasteiger partial charge in [-0.15, -0.1) is 0 Å². The van der Waals surface area contributed by atoms with Gasteiger partial charge in [-0.1, -0.05) is 31.1 Å². The van der Waals surface area contributed by atoms with Crippen molar-refractivity contribution in [1.82, 2.24) is 0 Å². The Morgan fingerprint density at radius 2 is 2.21 bits per heavy atom. The second kappa shape index (κ2) is 7.25. The SMILES string of the molecule is CCC(C)C(=O)Nc1ccccc1OC/C(N)=N/O. The number of para-hydroxylation sites is 2. The van der Waals surface area contributed by atoms with Gasteiger partial charge in [0.05, 0.1) is 5.69 Å². The summed E-state index contributed by atoms with van der Waals surface area (Å²) in [4.78, 5) is 11.8. The zero-order valence-corrected chi connectivity index (χ0v) is 11.1. The summed E-state index contributed by atoms with van der Waals surface area (Å²) >= 11 is 0. The summed E-state index contributed by atoms with van der Waals surface area (Å²) < 4.78 is 5.37. The number of benzene rings is 1. The summed E-state index contributed by atoms with van der Waals surface area (Å²) in [7, 11) is 0. The van der Waals surface area contributed by atoms with Gasteiger partial charge in [0, 0.05) is 5.92 Å². The van der Waals surface area contributed by atoms with Crippen molar-refractivity contribution in [2.24, 2.45) is 16.8 Å². The van der Waals surface area contributed by atoms with Crippen LogP contribution in [0.5, 0.6) is 5.75 Å². The lowest BCUT2D eigenvalue weighted by atomic mass is 10.1. The van der Waals surface area contributed by atoms with Crippen molar-refractivity contribution in [3.63, 3.8) is 0 Å². The van der Waals surface area contributed by atoms with Gasteiger partial charge < -0.3 is 21.0 Å². The molecule has 6 heteroatoms. The molecule has 1 amide bonds. The minimum atomic E-state index is -0.0721. The van der Waals surface area contributed by atoms with Crippen LogP contribution < -0.4 is 15.8 Å². The van der Waals surface area contributed by atoms with Crippen LogP contribution >= 0.6 is 0 Å². The van der Waals surface area contributed by atoms with E-state index in [-0.39, 0.29) is 24.3 Å². The summed E-state index contributed by atoms with van der Waals surface area (Å²) in [6.07, 6.45) is 0.763. The van der Waals surface area contributed by atoms with E-state index in [9.17, 15) is 4.79 Å². The Hall–Kier alpha value is -2.24. The van der Waals surface area contributed by atoms with E-state index in [1.165, 1.54) is 0 Å². The molecule has 0 fully saturated rings. The monoisotopic (exact) mass is 265 g/mol. The van der Waals surface area contributed by atoms with Gasteiger partial charge in [-0.25, -0.2) is 0 Å². The fraction of sp³-hybridized carbons (Fsp3) is 0.385. The molecule has 0 aliphatic carbocycles. The molecule has 0 heterocycles. The smallest absolute Gasteiger partial charge is 0.227 e. The van der Waals surface area contributed by atoms with Crippen LogP contribution in [0.4, 0.5) is 5.69 Å². The molecule has 0 saturated carbocycles. The van der Waals surface area contributed by atoms with Crippen LogP contribution in [-0.4, -0.2) is 23.6 Å².